The molecule has 0 aromatic carbocycles. The summed E-state index contributed by atoms with van der Waals surface area (Å²) in [5.74, 6) is 0.380. The molecule has 0 radical (unpaired) electrons. The van der Waals surface area contributed by atoms with Crippen LogP contribution in [0.2, 0.25) is 0 Å². The van der Waals surface area contributed by atoms with Crippen molar-refractivity contribution in [3.05, 3.63) is 47.9 Å². The highest BCUT2D eigenvalue weighted by atomic mass is 19.4. The predicted molar refractivity (Wildman–Crippen MR) is 146 cm³/mol. The molecule has 5 N–H and O–H groups in total. The molecule has 5 heterocycles. The lowest BCUT2D eigenvalue weighted by molar-refractivity contribution is -0.137. The van der Waals surface area contributed by atoms with E-state index in [9.17, 15) is 18.0 Å². The number of hydrogen-bond acceptors (Lipinski definition) is 10. The Hall–Kier alpha value is -4.04. The third kappa shape index (κ3) is 5.36. The Balaban J connectivity index is 1.31. The van der Waals surface area contributed by atoms with Gasteiger partial charge in [0, 0.05) is 38.4 Å². The Morgan fingerprint density at radius 2 is 1.76 bits per heavy atom. The number of anilines is 4. The number of carbonyl (C=O) groups excluding carboxylic acids is 1. The fourth-order valence-electron chi connectivity index (χ4n) is 5.90. The molecule has 1 saturated carbocycles. The molecule has 3 aliphatic rings. The van der Waals surface area contributed by atoms with Crippen molar-refractivity contribution < 1.29 is 22.7 Å². The van der Waals surface area contributed by atoms with Crippen LogP contribution in [0.5, 0.6) is 0 Å². The zero-order chi connectivity index (χ0) is 28.7. The number of nitrogen functional groups attached to an aromatic ring is 1. The molecule has 11 nitrogen and oxygen atoms in total. The van der Waals surface area contributed by atoms with Gasteiger partial charge in [0.1, 0.15) is 17.2 Å². The van der Waals surface area contributed by atoms with E-state index >= 15 is 0 Å². The van der Waals surface area contributed by atoms with Gasteiger partial charge in [-0.3, -0.25) is 4.79 Å². The fourth-order valence-corrected chi connectivity index (χ4v) is 5.90. The highest BCUT2D eigenvalue weighted by molar-refractivity contribution is 6.06. The largest absolute Gasteiger partial charge is 0.418 e. The number of aromatic nitrogens is 4. The average Bonchev–Trinajstić information content (AvgIpc) is 3.16. The number of piperidine rings is 1. The van der Waals surface area contributed by atoms with E-state index in [4.69, 9.17) is 16.2 Å². The maximum absolute atomic E-state index is 14.0. The van der Waals surface area contributed by atoms with Gasteiger partial charge in [0.15, 0.2) is 17.3 Å². The van der Waals surface area contributed by atoms with Crippen molar-refractivity contribution in [1.29, 1.82) is 0 Å². The van der Waals surface area contributed by atoms with E-state index in [2.05, 4.69) is 30.2 Å². The van der Waals surface area contributed by atoms with Crippen molar-refractivity contribution in [2.45, 2.75) is 25.1 Å². The van der Waals surface area contributed by atoms with E-state index in [1.54, 1.807) is 12.3 Å². The summed E-state index contributed by atoms with van der Waals surface area (Å²) in [7, 11) is 0. The number of nitrogens with two attached hydrogens (primary N) is 2. The SMILES string of the molecule is Nc1ncc(-c2nc(N3CCOCC3)ccc2C(F)(F)F)nc1C(=O)Nc1ncccc1N1C[C@H]2CC[C@@H](C1)[C@H]2N. The van der Waals surface area contributed by atoms with E-state index in [0.717, 1.165) is 43.9 Å². The smallest absolute Gasteiger partial charge is 0.382 e. The lowest BCUT2D eigenvalue weighted by atomic mass is 9.93. The Morgan fingerprint density at radius 1 is 1.02 bits per heavy atom. The van der Waals surface area contributed by atoms with E-state index in [-0.39, 0.29) is 23.2 Å². The molecule has 1 aliphatic carbocycles. The predicted octanol–water partition coefficient (Wildman–Crippen LogP) is 2.80. The molecule has 3 atom stereocenters. The number of fused-ring (bicyclic) bond motifs is 2. The van der Waals surface area contributed by atoms with Crippen LogP contribution in [-0.4, -0.2) is 71.3 Å². The summed E-state index contributed by atoms with van der Waals surface area (Å²) in [5, 5.41) is 2.74. The molecule has 14 heteroatoms. The van der Waals surface area contributed by atoms with Gasteiger partial charge < -0.3 is 31.3 Å². The maximum atomic E-state index is 14.0. The number of hydrogen-bond donors (Lipinski definition) is 3. The monoisotopic (exact) mass is 569 g/mol. The molecular weight excluding hydrogens is 539 g/mol. The molecule has 0 unspecified atom stereocenters. The van der Waals surface area contributed by atoms with Gasteiger partial charge in [-0.15, -0.1) is 0 Å². The summed E-state index contributed by atoms with van der Waals surface area (Å²) in [6.45, 7) is 3.33. The minimum atomic E-state index is -4.71. The number of amides is 1. The van der Waals surface area contributed by atoms with Crippen LogP contribution in [0.1, 0.15) is 28.9 Å². The molecule has 6 rings (SSSR count). The molecule has 2 aliphatic heterocycles. The lowest BCUT2D eigenvalue weighted by Gasteiger charge is -2.38. The zero-order valence-corrected chi connectivity index (χ0v) is 22.1. The summed E-state index contributed by atoms with van der Waals surface area (Å²) in [4.78, 5) is 34.3. The van der Waals surface area contributed by atoms with Crippen LogP contribution in [0.25, 0.3) is 11.4 Å². The maximum Gasteiger partial charge on any atom is 0.418 e. The summed E-state index contributed by atoms with van der Waals surface area (Å²) >= 11 is 0. The van der Waals surface area contributed by atoms with Gasteiger partial charge in [0.05, 0.1) is 30.7 Å². The van der Waals surface area contributed by atoms with Crippen molar-refractivity contribution in [2.24, 2.45) is 17.6 Å². The van der Waals surface area contributed by atoms with Crippen LogP contribution < -0.4 is 26.6 Å². The third-order valence-corrected chi connectivity index (χ3v) is 8.05. The second-order valence-corrected chi connectivity index (χ2v) is 10.6. The first-order chi connectivity index (χ1) is 19.7. The topological polar surface area (TPSA) is 148 Å². The summed E-state index contributed by atoms with van der Waals surface area (Å²) in [5.41, 5.74) is 11.1. The molecule has 2 bridgehead atoms. The van der Waals surface area contributed by atoms with Crippen LogP contribution in [0, 0.1) is 11.8 Å². The van der Waals surface area contributed by atoms with Crippen molar-refractivity contribution in [3.8, 4) is 11.4 Å². The van der Waals surface area contributed by atoms with Gasteiger partial charge in [-0.25, -0.2) is 19.9 Å². The highest BCUT2D eigenvalue weighted by Crippen LogP contribution is 2.39. The first kappa shape index (κ1) is 27.1. The molecule has 3 aromatic rings. The molecule has 0 spiro atoms. The second-order valence-electron chi connectivity index (χ2n) is 10.6. The molecule has 2 saturated heterocycles. The number of morpholine rings is 1. The molecule has 41 heavy (non-hydrogen) atoms. The van der Waals surface area contributed by atoms with E-state index in [1.165, 1.54) is 6.07 Å². The normalized spacial score (nSPS) is 22.6. The lowest BCUT2D eigenvalue weighted by Crippen LogP contribution is -2.49. The van der Waals surface area contributed by atoms with Gasteiger partial charge in [0.2, 0.25) is 0 Å². The number of nitrogens with zero attached hydrogens (tertiary/aromatic N) is 6. The number of alkyl halides is 3. The average molecular weight is 570 g/mol. The van der Waals surface area contributed by atoms with Crippen LogP contribution >= 0.6 is 0 Å². The van der Waals surface area contributed by atoms with E-state index < -0.39 is 23.3 Å². The Kier molecular flexibility index (Phi) is 7.11. The van der Waals surface area contributed by atoms with E-state index in [1.807, 2.05) is 11.0 Å². The quantitative estimate of drug-likeness (QED) is 0.419. The second kappa shape index (κ2) is 10.7. The zero-order valence-electron chi connectivity index (χ0n) is 22.1. The Morgan fingerprint density at radius 3 is 2.46 bits per heavy atom. The Bertz CT molecular complexity index is 1430. The van der Waals surface area contributed by atoms with Crippen molar-refractivity contribution in [3.63, 3.8) is 0 Å². The summed E-state index contributed by atoms with van der Waals surface area (Å²) in [6, 6.07) is 6.08. The van der Waals surface area contributed by atoms with Gasteiger partial charge in [0.25, 0.3) is 5.91 Å². The Labute approximate surface area is 234 Å². The minimum absolute atomic E-state index is 0.163. The molecule has 1 amide bonds. The van der Waals surface area contributed by atoms with Gasteiger partial charge in [-0.2, -0.15) is 13.2 Å². The standard InChI is InChI=1S/C27H30F3N9O2/c28-27(29,30)17-5-6-20(38-8-10-41-11-9-38)36-22(17)18-12-34-24(32)23(35-18)26(40)37-25-19(2-1-7-33-25)39-13-15-3-4-16(14-39)21(15)31/h1-2,5-7,12,15-16,21H,3-4,8-11,13-14,31H2,(H2,32,34)(H,33,37,40)/t15-,16+,21+. The number of carbonyl (C=O) groups is 1. The summed E-state index contributed by atoms with van der Waals surface area (Å²) < 4.78 is 47.3. The first-order valence-electron chi connectivity index (χ1n) is 13.5. The van der Waals surface area contributed by atoms with Crippen LogP contribution in [0.3, 0.4) is 0 Å². The van der Waals surface area contributed by atoms with Crippen molar-refractivity contribution in [1.82, 2.24) is 19.9 Å². The van der Waals surface area contributed by atoms with Crippen LogP contribution in [-0.2, 0) is 10.9 Å². The minimum Gasteiger partial charge on any atom is -0.382 e. The number of halogens is 3. The number of nitrogens with one attached hydrogen (secondary N) is 1. The summed E-state index contributed by atoms with van der Waals surface area (Å²) in [6.07, 6.45) is 0.0433. The fraction of sp³-hybridized carbons (Fsp3) is 0.444. The number of ether oxygens (including phenoxy) is 1. The van der Waals surface area contributed by atoms with E-state index in [0.29, 0.717) is 49.8 Å². The van der Waals surface area contributed by atoms with Crippen LogP contribution in [0.4, 0.5) is 36.3 Å². The first-order valence-corrected chi connectivity index (χ1v) is 13.5. The molecule has 3 aromatic heterocycles. The molecule has 3 fully saturated rings. The molecule has 216 valence electrons. The highest BCUT2D eigenvalue weighted by Gasteiger charge is 2.40. The van der Waals surface area contributed by atoms with Gasteiger partial charge in [-0.05, 0) is 48.9 Å². The van der Waals surface area contributed by atoms with Crippen molar-refractivity contribution >= 4 is 29.0 Å². The van der Waals surface area contributed by atoms with Crippen molar-refractivity contribution in [2.75, 3.05) is 60.2 Å². The number of rotatable bonds is 5. The van der Waals surface area contributed by atoms with Gasteiger partial charge in [-0.1, -0.05) is 0 Å². The van der Waals surface area contributed by atoms with Gasteiger partial charge >= 0.3 is 6.18 Å². The molecular formula is C27H30F3N9O2. The third-order valence-electron chi connectivity index (χ3n) is 8.05. The number of pyridine rings is 2. The van der Waals surface area contributed by atoms with Crippen LogP contribution in [0.15, 0.2) is 36.7 Å².